The maximum absolute atomic E-state index is 12.3. The fraction of sp³-hybridized carbons (Fsp3) is 0.429. The van der Waals surface area contributed by atoms with Gasteiger partial charge in [-0.1, -0.05) is 18.1 Å². The van der Waals surface area contributed by atoms with Gasteiger partial charge in [-0.05, 0) is 57.7 Å². The number of aromatic nitrogens is 2. The average Bonchev–Trinajstić information content (AvgIpc) is 2.93. The Morgan fingerprint density at radius 2 is 2.12 bits per heavy atom. The first-order valence-corrected chi connectivity index (χ1v) is 8.68. The first-order chi connectivity index (χ1) is 11.8. The van der Waals surface area contributed by atoms with E-state index < -0.39 is 5.60 Å². The highest BCUT2D eigenvalue weighted by Gasteiger charge is 2.30. The summed E-state index contributed by atoms with van der Waals surface area (Å²) in [6, 6.07) is 8.12. The first kappa shape index (κ1) is 17.3. The number of fused-ring (bicyclic) bond motifs is 1. The second kappa shape index (κ2) is 6.76. The lowest BCUT2D eigenvalue weighted by Gasteiger charge is -2.27. The van der Waals surface area contributed by atoms with Crippen LogP contribution in [-0.2, 0) is 22.5 Å². The van der Waals surface area contributed by atoms with Gasteiger partial charge >= 0.3 is 5.97 Å². The molecule has 1 unspecified atom stereocenters. The quantitative estimate of drug-likeness (QED) is 0.591. The zero-order valence-corrected chi connectivity index (χ0v) is 15.3. The number of rotatable bonds is 1. The second-order valence-corrected chi connectivity index (χ2v) is 7.57. The molecule has 2 aromatic rings. The van der Waals surface area contributed by atoms with E-state index in [1.54, 1.807) is 0 Å². The maximum Gasteiger partial charge on any atom is 0.309 e. The molecule has 0 saturated carbocycles. The van der Waals surface area contributed by atoms with Crippen LogP contribution in [0.4, 0.5) is 0 Å². The van der Waals surface area contributed by atoms with Crippen molar-refractivity contribution in [3.05, 3.63) is 53.1 Å². The van der Waals surface area contributed by atoms with Crippen LogP contribution < -0.4 is 0 Å². The van der Waals surface area contributed by atoms with Crippen molar-refractivity contribution in [3.8, 4) is 11.8 Å². The summed E-state index contributed by atoms with van der Waals surface area (Å²) >= 11 is 0. The Morgan fingerprint density at radius 3 is 2.84 bits per heavy atom. The van der Waals surface area contributed by atoms with Crippen LogP contribution in [0.3, 0.4) is 0 Å². The molecule has 0 aliphatic carbocycles. The summed E-state index contributed by atoms with van der Waals surface area (Å²) in [5.74, 6) is 6.89. The van der Waals surface area contributed by atoms with E-state index >= 15 is 0 Å². The van der Waals surface area contributed by atoms with E-state index in [1.807, 2.05) is 39.1 Å². The number of esters is 1. The summed E-state index contributed by atoms with van der Waals surface area (Å²) in [4.78, 5) is 16.7. The number of carbonyl (C=O) groups is 1. The molecular formula is C21H24N2O2. The highest BCUT2D eigenvalue weighted by atomic mass is 16.6. The van der Waals surface area contributed by atoms with E-state index in [9.17, 15) is 4.79 Å². The molecule has 1 aromatic heterocycles. The number of hydrogen-bond donors (Lipinski definition) is 0. The highest BCUT2D eigenvalue weighted by molar-refractivity contribution is 5.73. The number of benzene rings is 1. The molecule has 4 nitrogen and oxygen atoms in total. The molecule has 4 heteroatoms. The predicted octanol–water partition coefficient (Wildman–Crippen LogP) is 3.50. The van der Waals surface area contributed by atoms with Crippen LogP contribution in [0.15, 0.2) is 30.5 Å². The fourth-order valence-corrected chi connectivity index (χ4v) is 3.00. The monoisotopic (exact) mass is 336 g/mol. The molecule has 0 radical (unpaired) electrons. The van der Waals surface area contributed by atoms with Crippen LogP contribution in [0.1, 0.15) is 49.8 Å². The minimum absolute atomic E-state index is 0.0963. The van der Waals surface area contributed by atoms with Crippen molar-refractivity contribution in [2.75, 3.05) is 0 Å². The minimum atomic E-state index is -0.445. The lowest BCUT2D eigenvalue weighted by Crippen LogP contribution is -2.33. The molecule has 0 N–H and O–H groups in total. The van der Waals surface area contributed by atoms with Crippen molar-refractivity contribution in [1.29, 1.82) is 0 Å². The molecule has 0 amide bonds. The molecule has 25 heavy (non-hydrogen) atoms. The summed E-state index contributed by atoms with van der Waals surface area (Å²) in [6.45, 7) is 8.50. The Morgan fingerprint density at radius 1 is 1.32 bits per heavy atom. The molecule has 1 atom stereocenters. The maximum atomic E-state index is 12.3. The smallest absolute Gasteiger partial charge is 0.309 e. The van der Waals surface area contributed by atoms with Gasteiger partial charge in [0, 0.05) is 30.4 Å². The number of carbonyl (C=O) groups excluding carboxylic acids is 1. The lowest BCUT2D eigenvalue weighted by atomic mass is 9.96. The topological polar surface area (TPSA) is 44.1 Å². The van der Waals surface area contributed by atoms with Gasteiger partial charge in [-0.15, -0.1) is 0 Å². The van der Waals surface area contributed by atoms with Gasteiger partial charge in [0.25, 0.3) is 0 Å². The molecule has 1 aliphatic rings. The van der Waals surface area contributed by atoms with Crippen LogP contribution in [-0.4, -0.2) is 21.1 Å². The molecule has 0 spiro atoms. The standard InChI is InChI=1S/C21H24N2O2/c1-15-6-5-7-16(12-15)8-9-19-22-14-18-13-17(10-11-23(18)19)20(24)25-21(2,3)4/h5-7,12,14,17H,10-11,13H2,1-4H3. The number of aryl methyl sites for hydroxylation is 1. The summed E-state index contributed by atoms with van der Waals surface area (Å²) in [6.07, 6.45) is 3.25. The Balaban J connectivity index is 1.74. The third-order valence-electron chi connectivity index (χ3n) is 4.17. The van der Waals surface area contributed by atoms with Crippen molar-refractivity contribution >= 4 is 5.97 Å². The zero-order chi connectivity index (χ0) is 18.0. The van der Waals surface area contributed by atoms with Crippen LogP contribution >= 0.6 is 0 Å². The number of hydrogen-bond acceptors (Lipinski definition) is 3. The Labute approximate surface area is 149 Å². The van der Waals surface area contributed by atoms with Gasteiger partial charge in [-0.3, -0.25) is 4.79 Å². The summed E-state index contributed by atoms with van der Waals surface area (Å²) < 4.78 is 7.63. The fourth-order valence-electron chi connectivity index (χ4n) is 3.00. The SMILES string of the molecule is Cc1cccc(C#Cc2ncc3n2CCC(C(=O)OC(C)(C)C)C3)c1. The molecule has 0 fully saturated rings. The van der Waals surface area contributed by atoms with Crippen molar-refractivity contribution in [1.82, 2.24) is 9.55 Å². The Hall–Kier alpha value is -2.54. The van der Waals surface area contributed by atoms with E-state index in [-0.39, 0.29) is 11.9 Å². The summed E-state index contributed by atoms with van der Waals surface area (Å²) in [5, 5.41) is 0. The van der Waals surface area contributed by atoms with Crippen molar-refractivity contribution in [2.24, 2.45) is 5.92 Å². The number of imidazole rings is 1. The lowest BCUT2D eigenvalue weighted by molar-refractivity contribution is -0.160. The van der Waals surface area contributed by atoms with Gasteiger partial charge in [-0.25, -0.2) is 4.98 Å². The average molecular weight is 336 g/mol. The summed E-state index contributed by atoms with van der Waals surface area (Å²) in [7, 11) is 0. The van der Waals surface area contributed by atoms with Gasteiger partial charge in [-0.2, -0.15) is 0 Å². The van der Waals surface area contributed by atoms with Gasteiger partial charge in [0.1, 0.15) is 5.60 Å². The first-order valence-electron chi connectivity index (χ1n) is 8.68. The third-order valence-corrected chi connectivity index (χ3v) is 4.17. The third kappa shape index (κ3) is 4.30. The molecule has 0 bridgehead atoms. The van der Waals surface area contributed by atoms with Crippen LogP contribution in [0.2, 0.25) is 0 Å². The van der Waals surface area contributed by atoms with Gasteiger partial charge in [0.05, 0.1) is 5.92 Å². The normalized spacial score (nSPS) is 16.6. The molecule has 0 saturated heterocycles. The number of nitrogens with zero attached hydrogens (tertiary/aromatic N) is 2. The van der Waals surface area contributed by atoms with E-state index in [1.165, 1.54) is 5.56 Å². The Bertz CT molecular complexity index is 847. The number of ether oxygens (including phenoxy) is 1. The van der Waals surface area contributed by atoms with Crippen LogP contribution in [0, 0.1) is 24.7 Å². The van der Waals surface area contributed by atoms with E-state index in [2.05, 4.69) is 40.4 Å². The summed E-state index contributed by atoms with van der Waals surface area (Å²) in [5.41, 5.74) is 2.78. The largest absolute Gasteiger partial charge is 0.460 e. The highest BCUT2D eigenvalue weighted by Crippen LogP contribution is 2.24. The van der Waals surface area contributed by atoms with Gasteiger partial charge in [0.2, 0.25) is 0 Å². The van der Waals surface area contributed by atoms with Crippen LogP contribution in [0.25, 0.3) is 0 Å². The van der Waals surface area contributed by atoms with Crippen molar-refractivity contribution < 1.29 is 9.53 Å². The van der Waals surface area contributed by atoms with Crippen LogP contribution in [0.5, 0.6) is 0 Å². The molecular weight excluding hydrogens is 312 g/mol. The molecule has 2 heterocycles. The molecule has 130 valence electrons. The van der Waals surface area contributed by atoms with E-state index in [0.717, 1.165) is 30.0 Å². The molecule has 3 rings (SSSR count). The Kier molecular flexibility index (Phi) is 4.67. The minimum Gasteiger partial charge on any atom is -0.460 e. The molecule has 1 aliphatic heterocycles. The predicted molar refractivity (Wildman–Crippen MR) is 97.0 cm³/mol. The van der Waals surface area contributed by atoms with Crippen molar-refractivity contribution in [3.63, 3.8) is 0 Å². The molecule has 1 aromatic carbocycles. The van der Waals surface area contributed by atoms with Crippen molar-refractivity contribution in [2.45, 2.75) is 52.7 Å². The second-order valence-electron chi connectivity index (χ2n) is 7.57. The van der Waals surface area contributed by atoms with E-state index in [0.29, 0.717) is 6.42 Å². The van der Waals surface area contributed by atoms with Gasteiger partial charge in [0.15, 0.2) is 5.82 Å². The zero-order valence-electron chi connectivity index (χ0n) is 15.3. The van der Waals surface area contributed by atoms with Gasteiger partial charge < -0.3 is 9.30 Å². The van der Waals surface area contributed by atoms with E-state index in [4.69, 9.17) is 4.74 Å².